The molecule has 5 heteroatoms. The smallest absolute Gasteiger partial charge is 0.227 e. The summed E-state index contributed by atoms with van der Waals surface area (Å²) in [6.45, 7) is 2.48. The Bertz CT molecular complexity index is 462. The maximum absolute atomic E-state index is 11.9. The molecule has 1 fully saturated rings. The number of nitrogen functional groups attached to an aromatic ring is 1. The molecule has 3 N–H and O–H groups in total. The minimum atomic E-state index is 0.0150. The molecule has 1 aromatic rings. The summed E-state index contributed by atoms with van der Waals surface area (Å²) < 4.78 is 0.902. The average Bonchev–Trinajstić information content (AvgIpc) is 2.65. The Morgan fingerprint density at radius 1 is 1.59 bits per heavy atom. The summed E-state index contributed by atoms with van der Waals surface area (Å²) in [5.41, 5.74) is 8.30. The van der Waals surface area contributed by atoms with Gasteiger partial charge in [0.05, 0.1) is 11.4 Å². The fourth-order valence-electron chi connectivity index (χ4n) is 2.10. The van der Waals surface area contributed by atoms with Crippen LogP contribution >= 0.6 is 15.9 Å². The van der Waals surface area contributed by atoms with Gasteiger partial charge in [0.2, 0.25) is 5.91 Å². The van der Waals surface area contributed by atoms with Gasteiger partial charge in [-0.05, 0) is 24.6 Å². The maximum Gasteiger partial charge on any atom is 0.227 e. The minimum Gasteiger partial charge on any atom is -0.397 e. The van der Waals surface area contributed by atoms with Crippen LogP contribution in [-0.2, 0) is 4.79 Å². The van der Waals surface area contributed by atoms with Crippen molar-refractivity contribution in [2.24, 2.45) is 5.92 Å². The summed E-state index contributed by atoms with van der Waals surface area (Å²) in [5, 5.41) is 9.11. The Labute approximate surface area is 109 Å². The molecule has 4 nitrogen and oxygen atoms in total. The van der Waals surface area contributed by atoms with Crippen molar-refractivity contribution in [3.05, 3.63) is 22.2 Å². The lowest BCUT2D eigenvalue weighted by atomic mass is 10.1. The lowest BCUT2D eigenvalue weighted by molar-refractivity contribution is -0.117. The van der Waals surface area contributed by atoms with E-state index >= 15 is 0 Å². The molecule has 1 atom stereocenters. The Kier molecular flexibility index (Phi) is 3.40. The molecular weight excluding hydrogens is 284 g/mol. The van der Waals surface area contributed by atoms with Gasteiger partial charge in [-0.3, -0.25) is 4.79 Å². The molecule has 1 saturated heterocycles. The van der Waals surface area contributed by atoms with Crippen LogP contribution in [0.1, 0.15) is 12.0 Å². The Hall–Kier alpha value is -1.07. The summed E-state index contributed by atoms with van der Waals surface area (Å²) in [4.78, 5) is 13.5. The standard InChI is InChI=1S/C12H15BrN2O2/c1-7-2-9(13)4-10(12(7)14)15-5-8(6-16)3-11(15)17/h2,4,8,16H,3,5-6,14H2,1H3. The van der Waals surface area contributed by atoms with Crippen LogP contribution in [0.3, 0.4) is 0 Å². The Morgan fingerprint density at radius 2 is 2.29 bits per heavy atom. The molecule has 0 saturated carbocycles. The van der Waals surface area contributed by atoms with Crippen molar-refractivity contribution in [3.8, 4) is 0 Å². The molecule has 2 rings (SSSR count). The molecular formula is C12H15BrN2O2. The number of benzene rings is 1. The fourth-order valence-corrected chi connectivity index (χ4v) is 2.66. The van der Waals surface area contributed by atoms with Crippen LogP contribution in [0.25, 0.3) is 0 Å². The minimum absolute atomic E-state index is 0.0150. The van der Waals surface area contributed by atoms with Crippen molar-refractivity contribution in [1.82, 2.24) is 0 Å². The normalized spacial score (nSPS) is 20.1. The molecule has 1 aromatic carbocycles. The number of carbonyl (C=O) groups excluding carboxylic acids is 1. The number of nitrogens with two attached hydrogens (primary N) is 1. The van der Waals surface area contributed by atoms with Gasteiger partial charge in [0, 0.05) is 30.0 Å². The van der Waals surface area contributed by atoms with Crippen LogP contribution in [0.4, 0.5) is 11.4 Å². The number of hydrogen-bond donors (Lipinski definition) is 2. The van der Waals surface area contributed by atoms with Crippen LogP contribution in [0.2, 0.25) is 0 Å². The second-order valence-corrected chi connectivity index (χ2v) is 5.33. The Morgan fingerprint density at radius 3 is 2.88 bits per heavy atom. The largest absolute Gasteiger partial charge is 0.397 e. The zero-order valence-corrected chi connectivity index (χ0v) is 11.2. The number of aryl methyl sites for hydroxylation is 1. The molecule has 0 spiro atoms. The third-order valence-electron chi connectivity index (χ3n) is 3.08. The van der Waals surface area contributed by atoms with E-state index in [1.165, 1.54) is 0 Å². The van der Waals surface area contributed by atoms with Gasteiger partial charge in [0.1, 0.15) is 0 Å². The highest BCUT2D eigenvalue weighted by atomic mass is 79.9. The summed E-state index contributed by atoms with van der Waals surface area (Å²) in [7, 11) is 0. The van der Waals surface area contributed by atoms with Crippen molar-refractivity contribution >= 4 is 33.2 Å². The van der Waals surface area contributed by atoms with Crippen LogP contribution in [0.15, 0.2) is 16.6 Å². The molecule has 92 valence electrons. The molecule has 1 aliphatic rings. The van der Waals surface area contributed by atoms with Crippen LogP contribution in [0.5, 0.6) is 0 Å². The monoisotopic (exact) mass is 298 g/mol. The number of aliphatic hydroxyl groups excluding tert-OH is 1. The first kappa shape index (κ1) is 12.4. The number of amides is 1. The number of hydrogen-bond acceptors (Lipinski definition) is 3. The van der Waals surface area contributed by atoms with Crippen LogP contribution in [0, 0.1) is 12.8 Å². The zero-order valence-electron chi connectivity index (χ0n) is 9.61. The third-order valence-corrected chi connectivity index (χ3v) is 3.54. The molecule has 1 aliphatic heterocycles. The molecule has 1 amide bonds. The molecule has 17 heavy (non-hydrogen) atoms. The number of aliphatic hydroxyl groups is 1. The summed E-state index contributed by atoms with van der Waals surface area (Å²) in [5.74, 6) is 0.0365. The van der Waals surface area contributed by atoms with Gasteiger partial charge < -0.3 is 15.7 Å². The first-order valence-corrected chi connectivity index (χ1v) is 6.29. The predicted octanol–water partition coefficient (Wildman–Crippen LogP) is 1.68. The van der Waals surface area contributed by atoms with Crippen LogP contribution in [-0.4, -0.2) is 24.2 Å². The van der Waals surface area contributed by atoms with E-state index in [2.05, 4.69) is 15.9 Å². The fraction of sp³-hybridized carbons (Fsp3) is 0.417. The molecule has 0 aromatic heterocycles. The van der Waals surface area contributed by atoms with E-state index in [4.69, 9.17) is 10.8 Å². The Balaban J connectivity index is 2.38. The summed E-state index contributed by atoms with van der Waals surface area (Å²) in [6, 6.07) is 3.77. The predicted molar refractivity (Wildman–Crippen MR) is 70.8 cm³/mol. The van der Waals surface area contributed by atoms with E-state index in [-0.39, 0.29) is 18.4 Å². The van der Waals surface area contributed by atoms with E-state index in [9.17, 15) is 4.79 Å². The van der Waals surface area contributed by atoms with Gasteiger partial charge in [-0.1, -0.05) is 15.9 Å². The molecule has 1 heterocycles. The number of nitrogens with zero attached hydrogens (tertiary/aromatic N) is 1. The van der Waals surface area contributed by atoms with Gasteiger partial charge >= 0.3 is 0 Å². The third kappa shape index (κ3) is 2.30. The average molecular weight is 299 g/mol. The second-order valence-electron chi connectivity index (χ2n) is 4.41. The first-order chi connectivity index (χ1) is 8.02. The quantitative estimate of drug-likeness (QED) is 0.817. The number of rotatable bonds is 2. The summed E-state index contributed by atoms with van der Waals surface area (Å²) in [6.07, 6.45) is 0.390. The highest BCUT2D eigenvalue weighted by Gasteiger charge is 2.31. The molecule has 0 bridgehead atoms. The lowest BCUT2D eigenvalue weighted by Crippen LogP contribution is -2.26. The highest BCUT2D eigenvalue weighted by Crippen LogP contribution is 2.34. The van der Waals surface area contributed by atoms with Gasteiger partial charge in [-0.15, -0.1) is 0 Å². The highest BCUT2D eigenvalue weighted by molar-refractivity contribution is 9.10. The SMILES string of the molecule is Cc1cc(Br)cc(N2CC(CO)CC2=O)c1N. The van der Waals surface area contributed by atoms with Crippen molar-refractivity contribution in [2.75, 3.05) is 23.8 Å². The number of carbonyl (C=O) groups is 1. The van der Waals surface area contributed by atoms with E-state index in [0.717, 1.165) is 15.7 Å². The van der Waals surface area contributed by atoms with Crippen molar-refractivity contribution in [3.63, 3.8) is 0 Å². The van der Waals surface area contributed by atoms with Gasteiger partial charge in [-0.25, -0.2) is 0 Å². The van der Waals surface area contributed by atoms with Gasteiger partial charge in [0.15, 0.2) is 0 Å². The molecule has 0 radical (unpaired) electrons. The van der Waals surface area contributed by atoms with E-state index < -0.39 is 0 Å². The molecule has 1 unspecified atom stereocenters. The van der Waals surface area contributed by atoms with E-state index in [1.54, 1.807) is 4.90 Å². The van der Waals surface area contributed by atoms with Crippen LogP contribution < -0.4 is 10.6 Å². The van der Waals surface area contributed by atoms with E-state index in [0.29, 0.717) is 18.7 Å². The zero-order chi connectivity index (χ0) is 12.6. The number of halogens is 1. The topological polar surface area (TPSA) is 66.6 Å². The van der Waals surface area contributed by atoms with Crippen molar-refractivity contribution in [2.45, 2.75) is 13.3 Å². The first-order valence-electron chi connectivity index (χ1n) is 5.49. The number of anilines is 2. The van der Waals surface area contributed by atoms with Crippen molar-refractivity contribution in [1.29, 1.82) is 0 Å². The second kappa shape index (κ2) is 4.66. The van der Waals surface area contributed by atoms with Gasteiger partial charge in [-0.2, -0.15) is 0 Å². The van der Waals surface area contributed by atoms with E-state index in [1.807, 2.05) is 19.1 Å². The summed E-state index contributed by atoms with van der Waals surface area (Å²) >= 11 is 3.40. The lowest BCUT2D eigenvalue weighted by Gasteiger charge is -2.20. The maximum atomic E-state index is 11.9. The molecule has 0 aliphatic carbocycles. The van der Waals surface area contributed by atoms with Crippen molar-refractivity contribution < 1.29 is 9.90 Å². The van der Waals surface area contributed by atoms with Gasteiger partial charge in [0.25, 0.3) is 0 Å².